The Hall–Kier alpha value is -1.33. The number of anilines is 2. The lowest BCUT2D eigenvalue weighted by molar-refractivity contribution is -0.115. The van der Waals surface area contributed by atoms with Crippen LogP contribution in [0.1, 0.15) is 5.56 Å². The van der Waals surface area contributed by atoms with Crippen molar-refractivity contribution in [3.63, 3.8) is 0 Å². The number of amides is 1. The summed E-state index contributed by atoms with van der Waals surface area (Å²) >= 11 is 6.71. The van der Waals surface area contributed by atoms with Gasteiger partial charge in [0.25, 0.3) is 0 Å². The second kappa shape index (κ2) is 6.21. The number of nitrogens with one attached hydrogen (secondary N) is 1. The van der Waals surface area contributed by atoms with Gasteiger partial charge in [0, 0.05) is 20.3 Å². The number of halogens is 2. The molecule has 5 heteroatoms. The van der Waals surface area contributed by atoms with Crippen LogP contribution in [0, 0.1) is 0 Å². The molecule has 2 aromatic rings. The van der Waals surface area contributed by atoms with Crippen LogP contribution in [0.4, 0.5) is 11.4 Å². The van der Waals surface area contributed by atoms with Crippen LogP contribution in [0.15, 0.2) is 51.4 Å². The predicted molar refractivity (Wildman–Crippen MR) is 85.0 cm³/mol. The van der Waals surface area contributed by atoms with Gasteiger partial charge in [0.05, 0.1) is 6.42 Å². The van der Waals surface area contributed by atoms with Crippen LogP contribution in [-0.2, 0) is 11.2 Å². The summed E-state index contributed by atoms with van der Waals surface area (Å²) in [6.07, 6.45) is 0.335. The van der Waals surface area contributed by atoms with Gasteiger partial charge in [0.2, 0.25) is 5.91 Å². The Morgan fingerprint density at radius 1 is 1.16 bits per heavy atom. The van der Waals surface area contributed by atoms with Crippen molar-refractivity contribution in [3.05, 3.63) is 57.0 Å². The highest BCUT2D eigenvalue weighted by Crippen LogP contribution is 2.23. The van der Waals surface area contributed by atoms with Crippen molar-refractivity contribution >= 4 is 49.1 Å². The second-order valence-corrected chi connectivity index (χ2v) is 5.86. The molecule has 2 aromatic carbocycles. The van der Waals surface area contributed by atoms with E-state index >= 15 is 0 Å². The average Bonchev–Trinajstić information content (AvgIpc) is 2.34. The summed E-state index contributed by atoms with van der Waals surface area (Å²) in [5.41, 5.74) is 8.02. The number of carbonyl (C=O) groups is 1. The first-order chi connectivity index (χ1) is 9.04. The largest absolute Gasteiger partial charge is 0.398 e. The molecule has 0 bridgehead atoms. The molecule has 3 nitrogen and oxygen atoms in total. The maximum Gasteiger partial charge on any atom is 0.228 e. The van der Waals surface area contributed by atoms with E-state index in [4.69, 9.17) is 5.73 Å². The summed E-state index contributed by atoms with van der Waals surface area (Å²) in [4.78, 5) is 11.9. The highest BCUT2D eigenvalue weighted by molar-refractivity contribution is 9.10. The van der Waals surface area contributed by atoms with Gasteiger partial charge in [-0.15, -0.1) is 0 Å². The monoisotopic (exact) mass is 382 g/mol. The van der Waals surface area contributed by atoms with Crippen molar-refractivity contribution in [1.82, 2.24) is 0 Å². The van der Waals surface area contributed by atoms with Gasteiger partial charge < -0.3 is 11.1 Å². The molecule has 0 spiro atoms. The van der Waals surface area contributed by atoms with Crippen molar-refractivity contribution in [2.75, 3.05) is 11.1 Å². The lowest BCUT2D eigenvalue weighted by atomic mass is 10.1. The minimum atomic E-state index is -0.0604. The molecule has 0 aliphatic rings. The van der Waals surface area contributed by atoms with Crippen molar-refractivity contribution in [1.29, 1.82) is 0 Å². The minimum Gasteiger partial charge on any atom is -0.398 e. The van der Waals surface area contributed by atoms with E-state index in [0.29, 0.717) is 12.1 Å². The highest BCUT2D eigenvalue weighted by Gasteiger charge is 2.05. The van der Waals surface area contributed by atoms with Crippen molar-refractivity contribution in [2.24, 2.45) is 0 Å². The van der Waals surface area contributed by atoms with Crippen LogP contribution in [0.25, 0.3) is 0 Å². The molecule has 0 aliphatic carbocycles. The zero-order valence-electron chi connectivity index (χ0n) is 9.99. The molecule has 0 fully saturated rings. The van der Waals surface area contributed by atoms with Gasteiger partial charge in [-0.05, 0) is 51.8 Å². The van der Waals surface area contributed by atoms with E-state index in [0.717, 1.165) is 20.2 Å². The Balaban J connectivity index is 2.03. The van der Waals surface area contributed by atoms with E-state index in [2.05, 4.69) is 37.2 Å². The van der Waals surface area contributed by atoms with Gasteiger partial charge in [-0.25, -0.2) is 0 Å². The van der Waals surface area contributed by atoms with Crippen molar-refractivity contribution in [2.45, 2.75) is 6.42 Å². The van der Waals surface area contributed by atoms with Gasteiger partial charge in [0.15, 0.2) is 0 Å². The average molecular weight is 384 g/mol. The molecule has 0 saturated carbocycles. The molecule has 19 heavy (non-hydrogen) atoms. The summed E-state index contributed by atoms with van der Waals surface area (Å²) in [5.74, 6) is -0.0604. The molecule has 0 atom stereocenters. The molecule has 0 heterocycles. The number of nitrogens with two attached hydrogens (primary N) is 1. The molecule has 0 unspecified atom stereocenters. The third kappa shape index (κ3) is 4.08. The van der Waals surface area contributed by atoms with Crippen molar-refractivity contribution < 1.29 is 4.79 Å². The number of carbonyl (C=O) groups excluding carboxylic acids is 1. The topological polar surface area (TPSA) is 55.1 Å². The highest BCUT2D eigenvalue weighted by atomic mass is 79.9. The molecule has 0 saturated heterocycles. The first-order valence-electron chi connectivity index (χ1n) is 5.64. The predicted octanol–water partition coefficient (Wildman–Crippen LogP) is 3.98. The molecule has 0 aliphatic heterocycles. The standard InChI is InChI=1S/C14H12Br2N2O/c15-10-3-1-2-9(6-10)7-14(19)18-11-4-5-13(17)12(16)8-11/h1-6,8H,7,17H2,(H,18,19). The normalized spacial score (nSPS) is 10.2. The number of hydrogen-bond acceptors (Lipinski definition) is 2. The van der Waals surface area contributed by atoms with E-state index in [1.54, 1.807) is 18.2 Å². The van der Waals surface area contributed by atoms with Crippen LogP contribution < -0.4 is 11.1 Å². The van der Waals surface area contributed by atoms with E-state index in [1.165, 1.54) is 0 Å². The smallest absolute Gasteiger partial charge is 0.228 e. The molecular formula is C14H12Br2N2O. The van der Waals surface area contributed by atoms with Gasteiger partial charge in [-0.2, -0.15) is 0 Å². The first kappa shape index (κ1) is 14.1. The fraction of sp³-hybridized carbons (Fsp3) is 0.0714. The van der Waals surface area contributed by atoms with E-state index < -0.39 is 0 Å². The fourth-order valence-corrected chi connectivity index (χ4v) is 2.47. The number of benzene rings is 2. The third-order valence-corrected chi connectivity index (χ3v) is 3.72. The Morgan fingerprint density at radius 2 is 1.95 bits per heavy atom. The van der Waals surface area contributed by atoms with Gasteiger partial charge in [-0.1, -0.05) is 28.1 Å². The van der Waals surface area contributed by atoms with Crippen LogP contribution in [0.3, 0.4) is 0 Å². The van der Waals surface area contributed by atoms with E-state index in [-0.39, 0.29) is 5.91 Å². The Labute approximate surface area is 128 Å². The van der Waals surface area contributed by atoms with E-state index in [9.17, 15) is 4.79 Å². The lowest BCUT2D eigenvalue weighted by Crippen LogP contribution is -2.14. The zero-order chi connectivity index (χ0) is 13.8. The fourth-order valence-electron chi connectivity index (χ4n) is 1.64. The SMILES string of the molecule is Nc1ccc(NC(=O)Cc2cccc(Br)c2)cc1Br. The molecule has 0 radical (unpaired) electrons. The first-order valence-corrected chi connectivity index (χ1v) is 7.22. The number of rotatable bonds is 3. The molecule has 3 N–H and O–H groups in total. The lowest BCUT2D eigenvalue weighted by Gasteiger charge is -2.07. The van der Waals surface area contributed by atoms with Crippen LogP contribution in [0.2, 0.25) is 0 Å². The summed E-state index contributed by atoms with van der Waals surface area (Å²) in [5, 5.41) is 2.84. The Morgan fingerprint density at radius 3 is 2.63 bits per heavy atom. The minimum absolute atomic E-state index is 0.0604. The molecule has 98 valence electrons. The Bertz CT molecular complexity index is 614. The summed E-state index contributed by atoms with van der Waals surface area (Å²) in [7, 11) is 0. The maximum absolute atomic E-state index is 11.9. The second-order valence-electron chi connectivity index (χ2n) is 4.09. The molecule has 1 amide bonds. The Kier molecular flexibility index (Phi) is 4.61. The zero-order valence-corrected chi connectivity index (χ0v) is 13.2. The third-order valence-electron chi connectivity index (χ3n) is 2.54. The molecular weight excluding hydrogens is 372 g/mol. The summed E-state index contributed by atoms with van der Waals surface area (Å²) < 4.78 is 1.74. The molecule has 2 rings (SSSR count). The number of nitrogen functional groups attached to an aromatic ring is 1. The van der Waals surface area contributed by atoms with Crippen LogP contribution in [-0.4, -0.2) is 5.91 Å². The van der Waals surface area contributed by atoms with Crippen LogP contribution in [0.5, 0.6) is 0 Å². The quantitative estimate of drug-likeness (QED) is 0.787. The van der Waals surface area contributed by atoms with Crippen molar-refractivity contribution in [3.8, 4) is 0 Å². The van der Waals surface area contributed by atoms with Gasteiger partial charge in [-0.3, -0.25) is 4.79 Å². The summed E-state index contributed by atoms with van der Waals surface area (Å²) in [6.45, 7) is 0. The summed E-state index contributed by atoms with van der Waals surface area (Å²) in [6, 6.07) is 13.0. The van der Waals surface area contributed by atoms with E-state index in [1.807, 2.05) is 24.3 Å². The number of hydrogen-bond donors (Lipinski definition) is 2. The molecule has 0 aromatic heterocycles. The maximum atomic E-state index is 11.9. The van der Waals surface area contributed by atoms with Gasteiger partial charge in [0.1, 0.15) is 0 Å². The van der Waals surface area contributed by atoms with Gasteiger partial charge >= 0.3 is 0 Å². The van der Waals surface area contributed by atoms with Crippen LogP contribution >= 0.6 is 31.9 Å².